The van der Waals surface area contributed by atoms with Crippen molar-refractivity contribution in [3.05, 3.63) is 30.1 Å². The molecule has 3 nitrogen and oxygen atoms in total. The lowest BCUT2D eigenvalue weighted by Gasteiger charge is -2.11. The number of halogens is 1. The number of pyridine rings is 1. The Balaban J connectivity index is 0. The van der Waals surface area contributed by atoms with Crippen LogP contribution in [0, 0.1) is 5.92 Å². The molecule has 0 radical (unpaired) electrons. The molecule has 1 unspecified atom stereocenters. The second-order valence-electron chi connectivity index (χ2n) is 3.33. The zero-order valence-corrected chi connectivity index (χ0v) is 13.8. The molecular weight excluding hydrogens is 332 g/mol. The lowest BCUT2D eigenvalue weighted by atomic mass is 10.0. The smallest absolute Gasteiger partial charge is 0.176 e. The van der Waals surface area contributed by atoms with Crippen LogP contribution in [0.4, 0.5) is 0 Å². The number of thiocarbonyl (C=S) groups is 2. The predicted molar refractivity (Wildman–Crippen MR) is 86.4 cm³/mol. The van der Waals surface area contributed by atoms with Gasteiger partial charge >= 0.3 is 0 Å². The molecule has 1 atom stereocenters. The van der Waals surface area contributed by atoms with E-state index in [1.54, 1.807) is 24.5 Å². The minimum Gasteiger partial charge on any atom is -0.333 e. The highest BCUT2D eigenvalue weighted by atomic mass is 79.9. The fourth-order valence-electron chi connectivity index (χ4n) is 0.978. The maximum Gasteiger partial charge on any atom is 0.176 e. The number of alkyl halides is 1. The van der Waals surface area contributed by atoms with Crippen LogP contribution >= 0.6 is 40.4 Å². The summed E-state index contributed by atoms with van der Waals surface area (Å²) in [5.74, 6) is 0.429. The summed E-state index contributed by atoms with van der Waals surface area (Å²) in [6.07, 6.45) is 3.26. The second-order valence-corrected chi connectivity index (χ2v) is 4.98. The van der Waals surface area contributed by atoms with Crippen LogP contribution in [-0.2, 0) is 0 Å². The van der Waals surface area contributed by atoms with Crippen LogP contribution < -0.4 is 5.73 Å². The number of aromatic nitrogens is 1. The minimum absolute atomic E-state index is 0.102. The van der Waals surface area contributed by atoms with E-state index in [2.05, 4.69) is 51.1 Å². The summed E-state index contributed by atoms with van der Waals surface area (Å²) >= 11 is 11.3. The average molecular weight is 349 g/mol. The number of Topliss-reactive ketones (excluding diaryl/α,β-unsaturated/α-hetero) is 1. The Bertz CT molecular complexity index is 366. The Morgan fingerprint density at radius 3 is 2.06 bits per heavy atom. The van der Waals surface area contributed by atoms with Gasteiger partial charge in [-0.2, -0.15) is 0 Å². The second kappa shape index (κ2) is 12.9. The van der Waals surface area contributed by atoms with Gasteiger partial charge in [0.15, 0.2) is 5.78 Å². The van der Waals surface area contributed by atoms with Crippen molar-refractivity contribution in [2.24, 2.45) is 11.7 Å². The summed E-state index contributed by atoms with van der Waals surface area (Å²) in [5, 5.41) is 0. The van der Waals surface area contributed by atoms with Gasteiger partial charge in [-0.15, -0.1) is 0 Å². The van der Waals surface area contributed by atoms with Crippen LogP contribution in [-0.4, -0.2) is 27.0 Å². The molecule has 0 aliphatic carbocycles. The number of hydrogen-bond donors (Lipinski definition) is 1. The molecular formula is C12H17BrN2OS2. The third-order valence-electron chi connectivity index (χ3n) is 1.80. The number of nitrogens with zero attached hydrogens (tertiary/aromatic N) is 1. The molecule has 100 valence electrons. The maximum atomic E-state index is 11.7. The first-order valence-electron chi connectivity index (χ1n) is 5.20. The number of hydrogen-bond acceptors (Lipinski definition) is 5. The molecule has 18 heavy (non-hydrogen) atoms. The summed E-state index contributed by atoms with van der Waals surface area (Å²) in [7, 11) is 1.50. The zero-order valence-electron chi connectivity index (χ0n) is 10.6. The first kappa shape index (κ1) is 19.8. The fraction of sp³-hybridized carbons (Fsp3) is 0.417. The van der Waals surface area contributed by atoms with Crippen LogP contribution in [0.25, 0.3) is 0 Å². The van der Waals surface area contributed by atoms with Crippen molar-refractivity contribution in [1.29, 1.82) is 0 Å². The van der Waals surface area contributed by atoms with Crippen molar-refractivity contribution in [3.63, 3.8) is 0 Å². The largest absolute Gasteiger partial charge is 0.333 e. The maximum absolute atomic E-state index is 11.7. The fourth-order valence-corrected chi connectivity index (χ4v) is 1.24. The third kappa shape index (κ3) is 8.55. The topological polar surface area (TPSA) is 56.0 Å². The van der Waals surface area contributed by atoms with E-state index >= 15 is 0 Å². The Morgan fingerprint density at radius 1 is 1.33 bits per heavy atom. The van der Waals surface area contributed by atoms with Crippen molar-refractivity contribution in [2.45, 2.75) is 18.7 Å². The quantitative estimate of drug-likeness (QED) is 0.516. The van der Waals surface area contributed by atoms with Gasteiger partial charge in [0, 0.05) is 22.3 Å². The van der Waals surface area contributed by atoms with Crippen LogP contribution in [0.3, 0.4) is 0 Å². The Labute approximate surface area is 127 Å². The third-order valence-corrected chi connectivity index (χ3v) is 3.27. The normalized spacial score (nSPS) is 10.1. The van der Waals surface area contributed by atoms with E-state index in [9.17, 15) is 4.79 Å². The van der Waals surface area contributed by atoms with E-state index in [0.717, 1.165) is 0 Å². The molecule has 1 heterocycles. The van der Waals surface area contributed by atoms with E-state index in [-0.39, 0.29) is 10.6 Å². The van der Waals surface area contributed by atoms with Crippen LogP contribution in [0.15, 0.2) is 24.5 Å². The van der Waals surface area contributed by atoms with E-state index in [4.69, 9.17) is 0 Å². The number of ketones is 1. The standard InChI is InChI=1S/C10H12BrNO.CH5N.CS2/c1-7(2)9(11)10(13)8-3-5-12-6-4-8;1-2;2-1-3/h3-7,9H,1-2H3;2H2,1H3;. The average Bonchev–Trinajstić information content (AvgIpc) is 2.41. The van der Waals surface area contributed by atoms with Crippen LogP contribution in [0.5, 0.6) is 0 Å². The van der Waals surface area contributed by atoms with Gasteiger partial charge in [-0.3, -0.25) is 9.78 Å². The van der Waals surface area contributed by atoms with Gasteiger partial charge in [0.25, 0.3) is 0 Å². The van der Waals surface area contributed by atoms with E-state index in [0.29, 0.717) is 11.5 Å². The molecule has 0 aliphatic rings. The van der Waals surface area contributed by atoms with Crippen LogP contribution in [0.2, 0.25) is 0 Å². The molecule has 1 aromatic heterocycles. The van der Waals surface area contributed by atoms with Gasteiger partial charge in [-0.25, -0.2) is 0 Å². The van der Waals surface area contributed by atoms with Gasteiger partial charge in [-0.05, 0) is 49.5 Å². The Morgan fingerprint density at radius 2 is 1.72 bits per heavy atom. The molecule has 0 spiro atoms. The Kier molecular flexibility index (Phi) is 14.2. The minimum atomic E-state index is -0.102. The van der Waals surface area contributed by atoms with Crippen molar-refractivity contribution in [1.82, 2.24) is 4.98 Å². The van der Waals surface area contributed by atoms with E-state index in [1.807, 2.05) is 18.2 Å². The van der Waals surface area contributed by atoms with Gasteiger partial charge < -0.3 is 5.73 Å². The molecule has 0 saturated heterocycles. The van der Waals surface area contributed by atoms with Crippen molar-refractivity contribution in [3.8, 4) is 0 Å². The highest BCUT2D eigenvalue weighted by Crippen LogP contribution is 2.17. The monoisotopic (exact) mass is 348 g/mol. The van der Waals surface area contributed by atoms with E-state index < -0.39 is 0 Å². The van der Waals surface area contributed by atoms with Gasteiger partial charge in [0.2, 0.25) is 0 Å². The van der Waals surface area contributed by atoms with Gasteiger partial charge in [-0.1, -0.05) is 29.8 Å². The number of carbonyl (C=O) groups excluding carboxylic acids is 1. The summed E-state index contributed by atoms with van der Waals surface area (Å²) in [4.78, 5) is 15.5. The molecule has 0 fully saturated rings. The first-order chi connectivity index (χ1) is 8.54. The number of carbonyl (C=O) groups is 1. The SMILES string of the molecule is CC(C)C(Br)C(=O)c1ccncc1.CN.S=C=S. The molecule has 6 heteroatoms. The summed E-state index contributed by atoms with van der Waals surface area (Å²) in [5.41, 5.74) is 5.21. The van der Waals surface area contributed by atoms with Crippen LogP contribution in [0.1, 0.15) is 24.2 Å². The number of nitrogens with two attached hydrogens (primary N) is 1. The predicted octanol–water partition coefficient (Wildman–Crippen LogP) is 3.28. The molecule has 0 aliphatic heterocycles. The zero-order chi connectivity index (χ0) is 14.6. The number of rotatable bonds is 3. The summed E-state index contributed by atoms with van der Waals surface area (Å²) in [6.45, 7) is 4.02. The van der Waals surface area contributed by atoms with Crippen molar-refractivity contribution < 1.29 is 4.79 Å². The lowest BCUT2D eigenvalue weighted by molar-refractivity contribution is 0.0978. The van der Waals surface area contributed by atoms with Gasteiger partial charge in [0.1, 0.15) is 0 Å². The summed E-state index contributed by atoms with van der Waals surface area (Å²) < 4.78 is 1.92. The van der Waals surface area contributed by atoms with Crippen molar-refractivity contribution >= 4 is 50.5 Å². The Hall–Kier alpha value is -0.520. The molecule has 1 rings (SSSR count). The highest BCUT2D eigenvalue weighted by molar-refractivity contribution is 9.10. The molecule has 0 bridgehead atoms. The molecule has 0 amide bonds. The molecule has 2 N–H and O–H groups in total. The highest BCUT2D eigenvalue weighted by Gasteiger charge is 2.19. The molecule has 1 aromatic rings. The summed E-state index contributed by atoms with van der Waals surface area (Å²) in [6, 6.07) is 3.47. The van der Waals surface area contributed by atoms with Crippen molar-refractivity contribution in [2.75, 3.05) is 7.05 Å². The van der Waals surface area contributed by atoms with Gasteiger partial charge in [0.05, 0.1) is 4.83 Å². The molecule has 0 saturated carbocycles. The lowest BCUT2D eigenvalue weighted by Crippen LogP contribution is -2.19. The first-order valence-corrected chi connectivity index (χ1v) is 6.93. The molecule has 0 aromatic carbocycles. The van der Waals surface area contributed by atoms with E-state index in [1.165, 1.54) is 7.05 Å².